The number of methoxy groups -OCH3 is 1. The minimum absolute atomic E-state index is 0.00164. The second kappa shape index (κ2) is 9.26. The van der Waals surface area contributed by atoms with Crippen LogP contribution in [0.15, 0.2) is 54.7 Å². The summed E-state index contributed by atoms with van der Waals surface area (Å²) >= 11 is 0. The molecule has 2 aromatic carbocycles. The van der Waals surface area contributed by atoms with Gasteiger partial charge in [-0.15, -0.1) is 0 Å². The fourth-order valence-electron chi connectivity index (χ4n) is 3.49. The predicted molar refractivity (Wildman–Crippen MR) is 110 cm³/mol. The number of rotatable bonds is 9. The molecule has 0 aliphatic rings. The van der Waals surface area contributed by atoms with E-state index in [2.05, 4.69) is 41.5 Å². The lowest BCUT2D eigenvalue weighted by atomic mass is 9.88. The Labute approximate surface area is 160 Å². The molecule has 3 aromatic rings. The molecule has 1 aromatic heterocycles. The van der Waals surface area contributed by atoms with E-state index in [1.165, 1.54) is 0 Å². The van der Waals surface area contributed by atoms with Crippen molar-refractivity contribution in [3.63, 3.8) is 0 Å². The van der Waals surface area contributed by atoms with Gasteiger partial charge in [-0.3, -0.25) is 4.79 Å². The Morgan fingerprint density at radius 1 is 1.11 bits per heavy atom. The summed E-state index contributed by atoms with van der Waals surface area (Å²) in [6.07, 6.45) is 5.79. The van der Waals surface area contributed by atoms with Crippen molar-refractivity contribution in [2.24, 2.45) is 0 Å². The van der Waals surface area contributed by atoms with Crippen LogP contribution in [-0.4, -0.2) is 24.5 Å². The third-order valence-electron chi connectivity index (χ3n) is 5.01. The molecule has 0 bridgehead atoms. The van der Waals surface area contributed by atoms with Gasteiger partial charge >= 0.3 is 0 Å². The number of carbonyl (C=O) groups is 1. The molecule has 3 rings (SSSR count). The van der Waals surface area contributed by atoms with Crippen LogP contribution in [0.4, 0.5) is 0 Å². The van der Waals surface area contributed by atoms with Crippen LogP contribution in [0.5, 0.6) is 5.75 Å². The summed E-state index contributed by atoms with van der Waals surface area (Å²) in [7, 11) is 1.66. The molecule has 4 nitrogen and oxygen atoms in total. The zero-order valence-corrected chi connectivity index (χ0v) is 16.1. The molecule has 0 saturated heterocycles. The van der Waals surface area contributed by atoms with Gasteiger partial charge in [-0.05, 0) is 35.7 Å². The molecule has 0 aliphatic heterocycles. The molecule has 1 amide bonds. The summed E-state index contributed by atoms with van der Waals surface area (Å²) in [5.41, 5.74) is 3.36. The summed E-state index contributed by atoms with van der Waals surface area (Å²) in [6, 6.07) is 16.2. The quantitative estimate of drug-likeness (QED) is 0.525. The number of H-pyrrole nitrogens is 1. The molecule has 0 saturated carbocycles. The standard InChI is InChI=1S/C23H28N2O2/c1-3-4-7-14-24-23(26)15-20(17-10-12-18(27-2)13-11-17)21-16-25-22-9-6-5-8-19(21)22/h5-6,8-13,16,20,25H,3-4,7,14-15H2,1-2H3,(H,24,26). The Balaban J connectivity index is 1.85. The van der Waals surface area contributed by atoms with Crippen LogP contribution in [0.2, 0.25) is 0 Å². The number of nitrogens with one attached hydrogen (secondary N) is 2. The van der Waals surface area contributed by atoms with Crippen LogP contribution < -0.4 is 10.1 Å². The highest BCUT2D eigenvalue weighted by molar-refractivity contribution is 5.86. The number of aromatic nitrogens is 1. The fraction of sp³-hybridized carbons (Fsp3) is 0.348. The molecule has 2 N–H and O–H groups in total. The van der Waals surface area contributed by atoms with Crippen molar-refractivity contribution in [1.29, 1.82) is 0 Å². The van der Waals surface area contributed by atoms with Crippen LogP contribution in [0.3, 0.4) is 0 Å². The van der Waals surface area contributed by atoms with E-state index < -0.39 is 0 Å². The van der Waals surface area contributed by atoms with Gasteiger partial charge in [-0.2, -0.15) is 0 Å². The van der Waals surface area contributed by atoms with Crippen molar-refractivity contribution < 1.29 is 9.53 Å². The molecule has 1 unspecified atom stereocenters. The molecular weight excluding hydrogens is 336 g/mol. The molecule has 27 heavy (non-hydrogen) atoms. The number of ether oxygens (including phenoxy) is 1. The number of aromatic amines is 1. The maximum atomic E-state index is 12.6. The van der Waals surface area contributed by atoms with E-state index >= 15 is 0 Å². The number of unbranched alkanes of at least 4 members (excludes halogenated alkanes) is 2. The van der Waals surface area contributed by atoms with Gasteiger partial charge in [0.1, 0.15) is 5.75 Å². The van der Waals surface area contributed by atoms with Crippen molar-refractivity contribution >= 4 is 16.8 Å². The largest absolute Gasteiger partial charge is 0.497 e. The first-order valence-electron chi connectivity index (χ1n) is 9.69. The third kappa shape index (κ3) is 4.70. The highest BCUT2D eigenvalue weighted by Crippen LogP contribution is 2.34. The second-order valence-corrected chi connectivity index (χ2v) is 6.88. The highest BCUT2D eigenvalue weighted by atomic mass is 16.5. The summed E-state index contributed by atoms with van der Waals surface area (Å²) in [6.45, 7) is 2.91. The van der Waals surface area contributed by atoms with Crippen molar-refractivity contribution in [3.8, 4) is 5.75 Å². The SMILES string of the molecule is CCCCCNC(=O)CC(c1ccc(OC)cc1)c1c[nH]c2ccccc12. The minimum atomic E-state index is -0.00164. The number of hydrogen-bond acceptors (Lipinski definition) is 2. The molecule has 142 valence electrons. The number of para-hydroxylation sites is 1. The zero-order chi connectivity index (χ0) is 19.1. The Kier molecular flexibility index (Phi) is 6.53. The molecule has 0 spiro atoms. The van der Waals surface area contributed by atoms with Gasteiger partial charge in [-0.25, -0.2) is 0 Å². The van der Waals surface area contributed by atoms with Gasteiger partial charge in [0.15, 0.2) is 0 Å². The average molecular weight is 364 g/mol. The fourth-order valence-corrected chi connectivity index (χ4v) is 3.49. The van der Waals surface area contributed by atoms with Crippen LogP contribution in [-0.2, 0) is 4.79 Å². The number of benzene rings is 2. The lowest BCUT2D eigenvalue weighted by Gasteiger charge is -2.18. The van der Waals surface area contributed by atoms with Crippen molar-refractivity contribution in [1.82, 2.24) is 10.3 Å². The lowest BCUT2D eigenvalue weighted by molar-refractivity contribution is -0.121. The summed E-state index contributed by atoms with van der Waals surface area (Å²) < 4.78 is 5.28. The smallest absolute Gasteiger partial charge is 0.220 e. The van der Waals surface area contributed by atoms with Crippen LogP contribution in [0.1, 0.15) is 49.7 Å². The van der Waals surface area contributed by atoms with Gasteiger partial charge < -0.3 is 15.0 Å². The lowest BCUT2D eigenvalue weighted by Crippen LogP contribution is -2.26. The molecule has 0 fully saturated rings. The van der Waals surface area contributed by atoms with Crippen LogP contribution >= 0.6 is 0 Å². The molecule has 4 heteroatoms. The van der Waals surface area contributed by atoms with E-state index in [1.807, 2.05) is 30.5 Å². The average Bonchev–Trinajstić information content (AvgIpc) is 3.13. The molecule has 1 heterocycles. The van der Waals surface area contributed by atoms with Gasteiger partial charge in [0.05, 0.1) is 7.11 Å². The number of fused-ring (bicyclic) bond motifs is 1. The number of hydrogen-bond donors (Lipinski definition) is 2. The van der Waals surface area contributed by atoms with E-state index in [9.17, 15) is 4.79 Å². The Hall–Kier alpha value is -2.75. The highest BCUT2D eigenvalue weighted by Gasteiger charge is 2.21. The van der Waals surface area contributed by atoms with E-state index in [4.69, 9.17) is 4.74 Å². The normalized spacial score (nSPS) is 12.1. The first-order chi connectivity index (χ1) is 13.2. The molecule has 1 atom stereocenters. The summed E-state index contributed by atoms with van der Waals surface area (Å²) in [4.78, 5) is 15.9. The van der Waals surface area contributed by atoms with Gasteiger partial charge in [0, 0.05) is 36.0 Å². The maximum Gasteiger partial charge on any atom is 0.220 e. The summed E-state index contributed by atoms with van der Waals surface area (Å²) in [5.74, 6) is 0.913. The predicted octanol–water partition coefficient (Wildman–Crippen LogP) is 5.00. The van der Waals surface area contributed by atoms with Gasteiger partial charge in [0.2, 0.25) is 5.91 Å². The minimum Gasteiger partial charge on any atom is -0.497 e. The number of carbonyl (C=O) groups excluding carboxylic acids is 1. The van der Waals surface area contributed by atoms with Crippen LogP contribution in [0, 0.1) is 0 Å². The van der Waals surface area contributed by atoms with Crippen molar-refractivity contribution in [2.45, 2.75) is 38.5 Å². The second-order valence-electron chi connectivity index (χ2n) is 6.88. The molecule has 0 aliphatic carbocycles. The van der Waals surface area contributed by atoms with Gasteiger partial charge in [-0.1, -0.05) is 50.1 Å². The van der Waals surface area contributed by atoms with E-state index in [0.29, 0.717) is 6.42 Å². The van der Waals surface area contributed by atoms with Crippen molar-refractivity contribution in [2.75, 3.05) is 13.7 Å². The topological polar surface area (TPSA) is 54.1 Å². The van der Waals surface area contributed by atoms with Crippen molar-refractivity contribution in [3.05, 3.63) is 65.9 Å². The summed E-state index contributed by atoms with van der Waals surface area (Å²) in [5, 5.41) is 4.24. The van der Waals surface area contributed by atoms with Crippen LogP contribution in [0.25, 0.3) is 10.9 Å². The van der Waals surface area contributed by atoms with E-state index in [0.717, 1.165) is 53.6 Å². The third-order valence-corrected chi connectivity index (χ3v) is 5.01. The Morgan fingerprint density at radius 2 is 1.89 bits per heavy atom. The first-order valence-corrected chi connectivity index (χ1v) is 9.69. The van der Waals surface area contributed by atoms with E-state index in [-0.39, 0.29) is 11.8 Å². The Bertz CT molecular complexity index is 867. The molecule has 0 radical (unpaired) electrons. The van der Waals surface area contributed by atoms with E-state index in [1.54, 1.807) is 7.11 Å². The molecular formula is C23H28N2O2. The zero-order valence-electron chi connectivity index (χ0n) is 16.1. The monoisotopic (exact) mass is 364 g/mol. The van der Waals surface area contributed by atoms with Gasteiger partial charge in [0.25, 0.3) is 0 Å². The number of amides is 1. The maximum absolute atomic E-state index is 12.6. The first kappa shape index (κ1) is 19.0. The Morgan fingerprint density at radius 3 is 2.63 bits per heavy atom.